The summed E-state index contributed by atoms with van der Waals surface area (Å²) in [4.78, 5) is 4.07. The van der Waals surface area contributed by atoms with Crippen LogP contribution in [0.3, 0.4) is 0 Å². The number of aromatic nitrogens is 1. The first-order valence-electron chi connectivity index (χ1n) is 6.09. The molecule has 0 aromatic carbocycles. The molecule has 4 heteroatoms. The van der Waals surface area contributed by atoms with Gasteiger partial charge in [-0.15, -0.1) is 11.6 Å². The summed E-state index contributed by atoms with van der Waals surface area (Å²) < 4.78 is 10.8. The minimum absolute atomic E-state index is 0.275. The molecule has 0 N–H and O–H groups in total. The molecule has 96 valence electrons. The molecule has 0 saturated heterocycles. The van der Waals surface area contributed by atoms with Gasteiger partial charge in [-0.1, -0.05) is 11.8 Å². The van der Waals surface area contributed by atoms with Gasteiger partial charge in [0.05, 0.1) is 12.8 Å². The molecule has 0 atom stereocenters. The van der Waals surface area contributed by atoms with Crippen molar-refractivity contribution in [3.05, 3.63) is 24.0 Å². The Bertz CT molecular complexity index is 435. The fraction of sp³-hybridized carbons (Fsp3) is 0.500. The number of pyridine rings is 1. The molecule has 0 unspecified atom stereocenters. The van der Waals surface area contributed by atoms with Gasteiger partial charge < -0.3 is 9.47 Å². The maximum atomic E-state index is 5.55. The van der Waals surface area contributed by atoms with Crippen molar-refractivity contribution in [3.8, 4) is 17.6 Å². The molecule has 0 aliphatic heterocycles. The van der Waals surface area contributed by atoms with Gasteiger partial charge in [0.1, 0.15) is 5.75 Å². The Morgan fingerprint density at radius 1 is 1.39 bits per heavy atom. The molecule has 18 heavy (non-hydrogen) atoms. The molecule has 3 nitrogen and oxygen atoms in total. The Balaban J connectivity index is 1.77. The molecule has 0 bridgehead atoms. The molecule has 1 aromatic heterocycles. The first kappa shape index (κ1) is 13.2. The third kappa shape index (κ3) is 4.95. The second kappa shape index (κ2) is 7.25. The molecule has 2 rings (SSSR count). The van der Waals surface area contributed by atoms with Gasteiger partial charge in [0.2, 0.25) is 0 Å². The van der Waals surface area contributed by atoms with Crippen molar-refractivity contribution in [3.63, 3.8) is 0 Å². The van der Waals surface area contributed by atoms with Crippen LogP contribution in [0.2, 0.25) is 0 Å². The average Bonchev–Trinajstić information content (AvgIpc) is 3.20. The highest BCUT2D eigenvalue weighted by Gasteiger charge is 2.21. The summed E-state index contributed by atoms with van der Waals surface area (Å²) in [5.41, 5.74) is 0.833. The van der Waals surface area contributed by atoms with Crippen LogP contribution in [0.1, 0.15) is 24.8 Å². The fourth-order valence-electron chi connectivity index (χ4n) is 1.39. The van der Waals surface area contributed by atoms with Crippen LogP contribution < -0.4 is 4.74 Å². The summed E-state index contributed by atoms with van der Waals surface area (Å²) >= 11 is 5.55. The Morgan fingerprint density at radius 3 is 3.06 bits per heavy atom. The number of hydrogen-bond donors (Lipinski definition) is 0. The summed E-state index contributed by atoms with van der Waals surface area (Å²) in [7, 11) is 0. The third-order valence-electron chi connectivity index (χ3n) is 2.52. The highest BCUT2D eigenvalue weighted by atomic mass is 35.5. The van der Waals surface area contributed by atoms with Crippen LogP contribution in [-0.2, 0) is 4.74 Å². The van der Waals surface area contributed by atoms with E-state index < -0.39 is 0 Å². The Hall–Kier alpha value is -1.24. The maximum Gasteiger partial charge on any atom is 0.189 e. The monoisotopic (exact) mass is 265 g/mol. The molecule has 1 aliphatic carbocycles. The summed E-state index contributed by atoms with van der Waals surface area (Å²) in [6, 6.07) is 1.86. The zero-order valence-corrected chi connectivity index (χ0v) is 10.9. The van der Waals surface area contributed by atoms with Gasteiger partial charge in [0.15, 0.2) is 6.79 Å². The van der Waals surface area contributed by atoms with Gasteiger partial charge in [0, 0.05) is 24.1 Å². The van der Waals surface area contributed by atoms with E-state index in [-0.39, 0.29) is 6.79 Å². The van der Waals surface area contributed by atoms with E-state index in [4.69, 9.17) is 21.1 Å². The lowest BCUT2D eigenvalue weighted by Gasteiger charge is -2.06. The summed E-state index contributed by atoms with van der Waals surface area (Å²) in [6.45, 7) is 1.07. The quantitative estimate of drug-likeness (QED) is 0.343. The zero-order valence-electron chi connectivity index (χ0n) is 10.2. The van der Waals surface area contributed by atoms with Crippen LogP contribution in [0.4, 0.5) is 0 Å². The maximum absolute atomic E-state index is 5.55. The van der Waals surface area contributed by atoms with Gasteiger partial charge in [0.25, 0.3) is 0 Å². The predicted octanol–water partition coefficient (Wildman–Crippen LogP) is 2.82. The molecule has 1 aromatic rings. The summed E-state index contributed by atoms with van der Waals surface area (Å²) in [5.74, 6) is 7.93. The summed E-state index contributed by atoms with van der Waals surface area (Å²) in [6.07, 6.45) is 6.61. The van der Waals surface area contributed by atoms with Gasteiger partial charge in [-0.25, -0.2) is 0 Å². The number of rotatable bonds is 6. The fourth-order valence-corrected chi connectivity index (χ4v) is 1.48. The van der Waals surface area contributed by atoms with Crippen molar-refractivity contribution < 1.29 is 9.47 Å². The third-order valence-corrected chi connectivity index (χ3v) is 2.71. The Kier molecular flexibility index (Phi) is 5.32. The average molecular weight is 266 g/mol. The molecule has 1 saturated carbocycles. The second-order valence-corrected chi connectivity index (χ2v) is 4.60. The van der Waals surface area contributed by atoms with Crippen LogP contribution in [-0.4, -0.2) is 24.3 Å². The lowest BCUT2D eigenvalue weighted by Crippen LogP contribution is -2.05. The number of nitrogens with zero attached hydrogens (tertiary/aromatic N) is 1. The molecular weight excluding hydrogens is 250 g/mol. The molecule has 1 heterocycles. The van der Waals surface area contributed by atoms with Crippen LogP contribution in [0, 0.1) is 17.8 Å². The van der Waals surface area contributed by atoms with Crippen molar-refractivity contribution in [1.29, 1.82) is 0 Å². The summed E-state index contributed by atoms with van der Waals surface area (Å²) in [5, 5.41) is 0. The molecule has 0 radical (unpaired) electrons. The van der Waals surface area contributed by atoms with E-state index in [1.165, 1.54) is 12.8 Å². The Labute approximate surface area is 112 Å². The van der Waals surface area contributed by atoms with Crippen molar-refractivity contribution in [2.24, 2.45) is 5.92 Å². The van der Waals surface area contributed by atoms with E-state index >= 15 is 0 Å². The number of halogens is 1. The number of ether oxygens (including phenoxy) is 2. The first-order chi connectivity index (χ1) is 8.88. The number of alkyl halides is 1. The van der Waals surface area contributed by atoms with Crippen molar-refractivity contribution in [1.82, 2.24) is 4.98 Å². The van der Waals surface area contributed by atoms with E-state index in [0.717, 1.165) is 18.1 Å². The van der Waals surface area contributed by atoms with E-state index in [1.807, 2.05) is 6.07 Å². The van der Waals surface area contributed by atoms with Crippen LogP contribution >= 0.6 is 11.6 Å². The van der Waals surface area contributed by atoms with Crippen LogP contribution in [0.5, 0.6) is 5.75 Å². The van der Waals surface area contributed by atoms with Gasteiger partial charge in [-0.05, 0) is 24.8 Å². The topological polar surface area (TPSA) is 31.4 Å². The molecule has 0 amide bonds. The smallest absolute Gasteiger partial charge is 0.189 e. The van der Waals surface area contributed by atoms with E-state index in [0.29, 0.717) is 18.1 Å². The van der Waals surface area contributed by atoms with Gasteiger partial charge in [-0.3, -0.25) is 4.98 Å². The van der Waals surface area contributed by atoms with Crippen LogP contribution in [0.25, 0.3) is 0 Å². The second-order valence-electron chi connectivity index (χ2n) is 4.23. The van der Waals surface area contributed by atoms with Gasteiger partial charge >= 0.3 is 0 Å². The number of hydrogen-bond acceptors (Lipinski definition) is 3. The Morgan fingerprint density at radius 2 is 2.28 bits per heavy atom. The highest BCUT2D eigenvalue weighted by molar-refractivity contribution is 6.18. The molecule has 1 aliphatic rings. The lowest BCUT2D eigenvalue weighted by atomic mass is 10.3. The SMILES string of the molecule is ClCCC#Cc1cncc(OCOCC2CC2)c1. The first-order valence-corrected chi connectivity index (χ1v) is 6.62. The minimum Gasteiger partial charge on any atom is -0.466 e. The standard InChI is InChI=1S/C14H16ClNO2/c15-6-2-1-3-13-7-14(9-16-8-13)18-11-17-10-12-4-5-12/h7-9,12H,2,4-6,10-11H2. The lowest BCUT2D eigenvalue weighted by molar-refractivity contribution is 0.00978. The molecule has 1 fully saturated rings. The van der Waals surface area contributed by atoms with Gasteiger partial charge in [-0.2, -0.15) is 0 Å². The zero-order chi connectivity index (χ0) is 12.6. The van der Waals surface area contributed by atoms with Crippen molar-refractivity contribution in [2.45, 2.75) is 19.3 Å². The largest absolute Gasteiger partial charge is 0.466 e. The highest BCUT2D eigenvalue weighted by Crippen LogP contribution is 2.28. The minimum atomic E-state index is 0.275. The van der Waals surface area contributed by atoms with E-state index in [1.54, 1.807) is 12.4 Å². The molecule has 0 spiro atoms. The van der Waals surface area contributed by atoms with Crippen LogP contribution in [0.15, 0.2) is 18.5 Å². The predicted molar refractivity (Wildman–Crippen MR) is 70.6 cm³/mol. The van der Waals surface area contributed by atoms with E-state index in [9.17, 15) is 0 Å². The van der Waals surface area contributed by atoms with Crippen molar-refractivity contribution in [2.75, 3.05) is 19.3 Å². The van der Waals surface area contributed by atoms with E-state index in [2.05, 4.69) is 16.8 Å². The van der Waals surface area contributed by atoms with Crippen molar-refractivity contribution >= 4 is 11.6 Å². The molecular formula is C14H16ClNO2. The normalized spacial score (nSPS) is 13.8.